The maximum absolute atomic E-state index is 12.1. The zero-order valence-corrected chi connectivity index (χ0v) is 14.5. The molecule has 2 unspecified atom stereocenters. The molecule has 140 valence electrons. The van der Waals surface area contributed by atoms with Crippen LogP contribution >= 0.6 is 0 Å². The molecule has 1 aliphatic rings. The third kappa shape index (κ3) is 5.49. The van der Waals surface area contributed by atoms with Crippen LogP contribution in [0, 0.1) is 5.92 Å². The zero-order valence-electron chi connectivity index (χ0n) is 14.5. The van der Waals surface area contributed by atoms with E-state index in [0.717, 1.165) is 5.56 Å². The van der Waals surface area contributed by atoms with Crippen molar-refractivity contribution in [3.8, 4) is 0 Å². The summed E-state index contributed by atoms with van der Waals surface area (Å²) in [5.41, 5.74) is 1.12. The number of aliphatic hydroxyl groups is 3. The molecule has 7 nitrogen and oxygen atoms in total. The van der Waals surface area contributed by atoms with Gasteiger partial charge in [0, 0.05) is 12.0 Å². The molecule has 0 spiro atoms. The number of amides is 1. The average molecular weight is 353 g/mol. The van der Waals surface area contributed by atoms with Crippen molar-refractivity contribution in [3.63, 3.8) is 0 Å². The number of benzene rings is 1. The molecule has 2 rings (SSSR count). The quantitative estimate of drug-likeness (QED) is 0.542. The minimum absolute atomic E-state index is 0.0636. The summed E-state index contributed by atoms with van der Waals surface area (Å²) in [5, 5.41) is 32.0. The predicted molar refractivity (Wildman–Crippen MR) is 90.6 cm³/mol. The molecule has 1 aliphatic heterocycles. The van der Waals surface area contributed by atoms with Crippen LogP contribution in [0.15, 0.2) is 30.3 Å². The number of aliphatic hydroxyl groups excluding tert-OH is 3. The van der Waals surface area contributed by atoms with E-state index in [2.05, 4.69) is 5.32 Å². The Kier molecular flexibility index (Phi) is 7.34. The standard InChI is InChI=1S/C18H27NO6/c1-11(8-13-6-4-3-5-7-13)19-15(21)10-24-17-12(2)18(23)25-14(9-20)16(17)22/h3-7,11-12,14,16-18,20,22-23H,8-10H2,1-2H3,(H,19,21)/t11-,12?,14?,16+,17+,18-/m0/s1. The lowest BCUT2D eigenvalue weighted by molar-refractivity contribution is -0.273. The summed E-state index contributed by atoms with van der Waals surface area (Å²) in [4.78, 5) is 12.1. The fourth-order valence-corrected chi connectivity index (χ4v) is 2.98. The van der Waals surface area contributed by atoms with Crippen molar-refractivity contribution < 1.29 is 29.6 Å². The molecule has 0 saturated carbocycles. The van der Waals surface area contributed by atoms with Crippen LogP contribution in [-0.4, -0.2) is 65.1 Å². The van der Waals surface area contributed by atoms with Crippen molar-refractivity contribution in [2.24, 2.45) is 5.92 Å². The number of hydrogen-bond donors (Lipinski definition) is 4. The monoisotopic (exact) mass is 353 g/mol. The van der Waals surface area contributed by atoms with Crippen LogP contribution in [0.2, 0.25) is 0 Å². The lowest BCUT2D eigenvalue weighted by Crippen LogP contribution is -2.56. The summed E-state index contributed by atoms with van der Waals surface area (Å²) >= 11 is 0. The summed E-state index contributed by atoms with van der Waals surface area (Å²) in [5.74, 6) is -0.822. The number of hydrogen-bond acceptors (Lipinski definition) is 6. The van der Waals surface area contributed by atoms with Crippen molar-refractivity contribution in [1.82, 2.24) is 5.32 Å². The highest BCUT2D eigenvalue weighted by Crippen LogP contribution is 2.26. The highest BCUT2D eigenvalue weighted by atomic mass is 16.6. The first-order chi connectivity index (χ1) is 11.9. The van der Waals surface area contributed by atoms with E-state index >= 15 is 0 Å². The van der Waals surface area contributed by atoms with Gasteiger partial charge >= 0.3 is 0 Å². The van der Waals surface area contributed by atoms with Gasteiger partial charge < -0.3 is 30.1 Å². The molecule has 0 aromatic heterocycles. The van der Waals surface area contributed by atoms with Gasteiger partial charge in [-0.05, 0) is 18.9 Å². The number of rotatable bonds is 7. The van der Waals surface area contributed by atoms with Gasteiger partial charge in [0.15, 0.2) is 6.29 Å². The van der Waals surface area contributed by atoms with Gasteiger partial charge in [0.25, 0.3) is 0 Å². The van der Waals surface area contributed by atoms with Crippen LogP contribution in [0.3, 0.4) is 0 Å². The maximum Gasteiger partial charge on any atom is 0.246 e. The van der Waals surface area contributed by atoms with Gasteiger partial charge in [-0.15, -0.1) is 0 Å². The molecular formula is C18H27NO6. The Labute approximate surface area is 147 Å². The lowest BCUT2D eigenvalue weighted by Gasteiger charge is -2.40. The molecule has 1 heterocycles. The second-order valence-electron chi connectivity index (χ2n) is 6.53. The van der Waals surface area contributed by atoms with Crippen LogP contribution in [0.1, 0.15) is 19.4 Å². The zero-order chi connectivity index (χ0) is 18.4. The minimum Gasteiger partial charge on any atom is -0.394 e. The molecule has 6 atom stereocenters. The molecule has 0 bridgehead atoms. The molecule has 1 aromatic rings. The topological polar surface area (TPSA) is 108 Å². The van der Waals surface area contributed by atoms with Crippen LogP contribution < -0.4 is 5.32 Å². The van der Waals surface area contributed by atoms with Crippen molar-refractivity contribution in [1.29, 1.82) is 0 Å². The molecule has 4 N–H and O–H groups in total. The van der Waals surface area contributed by atoms with E-state index in [-0.39, 0.29) is 18.6 Å². The van der Waals surface area contributed by atoms with Gasteiger partial charge in [-0.3, -0.25) is 4.79 Å². The first-order valence-corrected chi connectivity index (χ1v) is 8.49. The Balaban J connectivity index is 1.81. The molecule has 1 amide bonds. The fraction of sp³-hybridized carbons (Fsp3) is 0.611. The number of nitrogens with one attached hydrogen (secondary N) is 1. The average Bonchev–Trinajstić information content (AvgIpc) is 2.58. The van der Waals surface area contributed by atoms with E-state index in [1.165, 1.54) is 0 Å². The van der Waals surface area contributed by atoms with E-state index in [4.69, 9.17) is 9.47 Å². The SMILES string of the molecule is CC1[C@@H](OCC(=O)N[C@@H](C)Cc2ccccc2)[C@H](O)C(CO)O[C@@H]1O. The summed E-state index contributed by atoms with van der Waals surface area (Å²) in [6.45, 7) is 2.88. The smallest absolute Gasteiger partial charge is 0.246 e. The Morgan fingerprint density at radius 1 is 1.32 bits per heavy atom. The second kappa shape index (κ2) is 9.26. The Hall–Kier alpha value is -1.51. The molecule has 0 aliphatic carbocycles. The lowest BCUT2D eigenvalue weighted by atomic mass is 9.92. The van der Waals surface area contributed by atoms with E-state index < -0.39 is 37.1 Å². The van der Waals surface area contributed by atoms with Crippen molar-refractivity contribution in [3.05, 3.63) is 35.9 Å². The van der Waals surface area contributed by atoms with Gasteiger partial charge in [0.1, 0.15) is 18.8 Å². The summed E-state index contributed by atoms with van der Waals surface area (Å²) in [6.07, 6.45) is -3.30. The molecule has 1 fully saturated rings. The molecule has 25 heavy (non-hydrogen) atoms. The maximum atomic E-state index is 12.1. The van der Waals surface area contributed by atoms with Gasteiger partial charge in [-0.25, -0.2) is 0 Å². The van der Waals surface area contributed by atoms with Crippen LogP contribution in [0.4, 0.5) is 0 Å². The second-order valence-corrected chi connectivity index (χ2v) is 6.53. The van der Waals surface area contributed by atoms with Crippen LogP contribution in [0.5, 0.6) is 0 Å². The third-order valence-corrected chi connectivity index (χ3v) is 4.38. The van der Waals surface area contributed by atoms with Crippen LogP contribution in [0.25, 0.3) is 0 Å². The van der Waals surface area contributed by atoms with E-state index in [1.807, 2.05) is 37.3 Å². The number of carbonyl (C=O) groups excluding carboxylic acids is 1. The van der Waals surface area contributed by atoms with Gasteiger partial charge in [-0.2, -0.15) is 0 Å². The minimum atomic E-state index is -1.16. The predicted octanol–water partition coefficient (Wildman–Crippen LogP) is -0.174. The highest BCUT2D eigenvalue weighted by Gasteiger charge is 2.43. The Morgan fingerprint density at radius 3 is 2.64 bits per heavy atom. The molecule has 0 radical (unpaired) electrons. The molecule has 7 heteroatoms. The highest BCUT2D eigenvalue weighted by molar-refractivity contribution is 5.77. The molecular weight excluding hydrogens is 326 g/mol. The van der Waals surface area contributed by atoms with Gasteiger partial charge in [0.05, 0.1) is 12.7 Å². The number of carbonyl (C=O) groups is 1. The van der Waals surface area contributed by atoms with Gasteiger partial charge in [0.2, 0.25) is 5.91 Å². The Bertz CT molecular complexity index is 540. The van der Waals surface area contributed by atoms with E-state index in [9.17, 15) is 20.1 Å². The summed E-state index contributed by atoms with van der Waals surface area (Å²) < 4.78 is 10.6. The molecule has 1 saturated heterocycles. The van der Waals surface area contributed by atoms with Crippen LogP contribution in [-0.2, 0) is 20.7 Å². The van der Waals surface area contributed by atoms with Crippen molar-refractivity contribution in [2.75, 3.05) is 13.2 Å². The van der Waals surface area contributed by atoms with Crippen molar-refractivity contribution >= 4 is 5.91 Å². The van der Waals surface area contributed by atoms with Gasteiger partial charge in [-0.1, -0.05) is 37.3 Å². The normalized spacial score (nSPS) is 30.7. The Morgan fingerprint density at radius 2 is 2.00 bits per heavy atom. The summed E-state index contributed by atoms with van der Waals surface area (Å²) in [7, 11) is 0. The van der Waals surface area contributed by atoms with E-state index in [0.29, 0.717) is 6.42 Å². The summed E-state index contributed by atoms with van der Waals surface area (Å²) in [6, 6.07) is 9.76. The first kappa shape index (κ1) is 19.8. The third-order valence-electron chi connectivity index (χ3n) is 4.38. The van der Waals surface area contributed by atoms with E-state index in [1.54, 1.807) is 6.92 Å². The number of ether oxygens (including phenoxy) is 2. The molecule has 1 aromatic carbocycles. The van der Waals surface area contributed by atoms with Crippen molar-refractivity contribution in [2.45, 2.75) is 50.9 Å². The largest absolute Gasteiger partial charge is 0.394 e. The fourth-order valence-electron chi connectivity index (χ4n) is 2.98. The first-order valence-electron chi connectivity index (χ1n) is 8.49.